The minimum absolute atomic E-state index is 0.0128. The molecule has 0 radical (unpaired) electrons. The van der Waals surface area contributed by atoms with Crippen LogP contribution in [0.15, 0.2) is 18.2 Å². The lowest BCUT2D eigenvalue weighted by Crippen LogP contribution is -2.31. The quantitative estimate of drug-likeness (QED) is 0.760. The lowest BCUT2D eigenvalue weighted by Gasteiger charge is -2.16. The number of aryl methyl sites for hydroxylation is 1. The van der Waals surface area contributed by atoms with E-state index in [1.165, 1.54) is 3.57 Å². The number of halogens is 1. The Morgan fingerprint density at radius 3 is 2.83 bits per heavy atom. The second-order valence-electron chi connectivity index (χ2n) is 4.39. The first-order chi connectivity index (χ1) is 8.52. The van der Waals surface area contributed by atoms with Crippen molar-refractivity contribution in [1.29, 1.82) is 0 Å². The summed E-state index contributed by atoms with van der Waals surface area (Å²) in [6, 6.07) is 5.98. The predicted molar refractivity (Wildman–Crippen MR) is 83.7 cm³/mol. The molecular weight excluding hydrogens is 341 g/mol. The van der Waals surface area contributed by atoms with Crippen LogP contribution < -0.4 is 11.1 Å². The summed E-state index contributed by atoms with van der Waals surface area (Å²) in [4.78, 5) is 13.8. The van der Waals surface area contributed by atoms with Crippen LogP contribution in [0, 0.1) is 10.5 Å². The minimum Gasteiger partial charge on any atom is -0.330 e. The fraction of sp³-hybridized carbons (Fsp3) is 0.462. The van der Waals surface area contributed by atoms with Gasteiger partial charge in [0.25, 0.3) is 0 Å². The molecule has 0 aliphatic carbocycles. The van der Waals surface area contributed by atoms with Crippen molar-refractivity contribution in [2.24, 2.45) is 5.73 Å². The second-order valence-corrected chi connectivity index (χ2v) is 5.63. The Hall–Kier alpha value is -0.660. The van der Waals surface area contributed by atoms with E-state index < -0.39 is 0 Å². The predicted octanol–water partition coefficient (Wildman–Crippen LogP) is 1.82. The Bertz CT molecular complexity index is 409. The number of hydrogen-bond acceptors (Lipinski definition) is 3. The highest BCUT2D eigenvalue weighted by molar-refractivity contribution is 14.1. The van der Waals surface area contributed by atoms with Crippen molar-refractivity contribution in [1.82, 2.24) is 4.90 Å². The van der Waals surface area contributed by atoms with Gasteiger partial charge in [0.2, 0.25) is 5.91 Å². The highest BCUT2D eigenvalue weighted by Crippen LogP contribution is 2.17. The highest BCUT2D eigenvalue weighted by atomic mass is 127. The first kappa shape index (κ1) is 15.4. The van der Waals surface area contributed by atoms with Crippen LogP contribution in [0.2, 0.25) is 0 Å². The Kier molecular flexibility index (Phi) is 6.59. The Morgan fingerprint density at radius 2 is 2.22 bits per heavy atom. The molecule has 100 valence electrons. The normalized spacial score (nSPS) is 10.7. The molecule has 0 heterocycles. The van der Waals surface area contributed by atoms with Crippen LogP contribution in [-0.4, -0.2) is 37.5 Å². The van der Waals surface area contributed by atoms with Gasteiger partial charge in [0.15, 0.2) is 0 Å². The molecular formula is C13H20IN3O. The van der Waals surface area contributed by atoms with Gasteiger partial charge in [0, 0.05) is 9.26 Å². The number of anilines is 1. The molecule has 0 saturated heterocycles. The van der Waals surface area contributed by atoms with Gasteiger partial charge < -0.3 is 11.1 Å². The molecule has 1 aromatic rings. The molecule has 3 N–H and O–H groups in total. The van der Waals surface area contributed by atoms with Crippen molar-refractivity contribution in [3.05, 3.63) is 27.3 Å². The maximum atomic E-state index is 11.8. The third kappa shape index (κ3) is 5.32. The summed E-state index contributed by atoms with van der Waals surface area (Å²) in [5.41, 5.74) is 7.40. The summed E-state index contributed by atoms with van der Waals surface area (Å²) in [7, 11) is 1.93. The fourth-order valence-corrected chi connectivity index (χ4v) is 2.29. The number of nitrogens with one attached hydrogen (secondary N) is 1. The van der Waals surface area contributed by atoms with E-state index in [9.17, 15) is 4.79 Å². The number of amides is 1. The van der Waals surface area contributed by atoms with Crippen LogP contribution in [0.5, 0.6) is 0 Å². The maximum Gasteiger partial charge on any atom is 0.238 e. The van der Waals surface area contributed by atoms with Gasteiger partial charge in [-0.3, -0.25) is 9.69 Å². The van der Waals surface area contributed by atoms with Gasteiger partial charge >= 0.3 is 0 Å². The van der Waals surface area contributed by atoms with Gasteiger partial charge in [-0.15, -0.1) is 0 Å². The monoisotopic (exact) mass is 361 g/mol. The molecule has 0 atom stereocenters. The zero-order valence-electron chi connectivity index (χ0n) is 10.9. The molecule has 0 saturated carbocycles. The number of carbonyl (C=O) groups is 1. The van der Waals surface area contributed by atoms with Crippen LogP contribution in [0.1, 0.15) is 12.0 Å². The van der Waals surface area contributed by atoms with Crippen molar-refractivity contribution in [3.63, 3.8) is 0 Å². The zero-order valence-corrected chi connectivity index (χ0v) is 13.0. The third-order valence-electron chi connectivity index (χ3n) is 2.62. The molecule has 0 aromatic heterocycles. The van der Waals surface area contributed by atoms with Gasteiger partial charge in [-0.1, -0.05) is 0 Å². The van der Waals surface area contributed by atoms with Gasteiger partial charge in [-0.2, -0.15) is 0 Å². The van der Waals surface area contributed by atoms with Crippen LogP contribution in [0.25, 0.3) is 0 Å². The number of rotatable bonds is 6. The van der Waals surface area contributed by atoms with Crippen molar-refractivity contribution in [2.45, 2.75) is 13.3 Å². The summed E-state index contributed by atoms with van der Waals surface area (Å²) in [6.07, 6.45) is 0.909. The van der Waals surface area contributed by atoms with Crippen molar-refractivity contribution in [3.8, 4) is 0 Å². The summed E-state index contributed by atoms with van der Waals surface area (Å²) >= 11 is 2.26. The molecule has 0 unspecified atom stereocenters. The standard InChI is InChI=1S/C13H20IN3O/c1-10-8-11(14)4-5-12(10)16-13(18)9-17(2)7-3-6-15/h4-5,8H,3,6-7,9,15H2,1-2H3,(H,16,18). The van der Waals surface area contributed by atoms with E-state index in [1.54, 1.807) is 0 Å². The molecule has 4 nitrogen and oxygen atoms in total. The lowest BCUT2D eigenvalue weighted by molar-refractivity contribution is -0.117. The maximum absolute atomic E-state index is 11.8. The van der Waals surface area contributed by atoms with E-state index >= 15 is 0 Å². The number of carbonyl (C=O) groups excluding carboxylic acids is 1. The van der Waals surface area contributed by atoms with Crippen molar-refractivity contribution in [2.75, 3.05) is 32.0 Å². The lowest BCUT2D eigenvalue weighted by atomic mass is 10.2. The van der Waals surface area contributed by atoms with Gasteiger partial charge in [-0.25, -0.2) is 0 Å². The number of hydrogen-bond donors (Lipinski definition) is 2. The summed E-state index contributed by atoms with van der Waals surface area (Å²) in [6.45, 7) is 3.89. The topological polar surface area (TPSA) is 58.4 Å². The summed E-state index contributed by atoms with van der Waals surface area (Å²) < 4.78 is 1.17. The second kappa shape index (κ2) is 7.70. The van der Waals surface area contributed by atoms with Crippen LogP contribution in [-0.2, 0) is 4.79 Å². The molecule has 0 aliphatic rings. The fourth-order valence-electron chi connectivity index (χ4n) is 1.64. The smallest absolute Gasteiger partial charge is 0.238 e. The molecule has 1 rings (SSSR count). The minimum atomic E-state index is 0.0128. The first-order valence-electron chi connectivity index (χ1n) is 5.97. The Labute approximate surface area is 122 Å². The van der Waals surface area contributed by atoms with Crippen molar-refractivity contribution < 1.29 is 4.79 Å². The number of benzene rings is 1. The number of nitrogens with zero attached hydrogens (tertiary/aromatic N) is 1. The van der Waals surface area contributed by atoms with Crippen LogP contribution in [0.4, 0.5) is 5.69 Å². The van der Waals surface area contributed by atoms with E-state index in [4.69, 9.17) is 5.73 Å². The molecule has 0 fully saturated rings. The van der Waals surface area contributed by atoms with Gasteiger partial charge in [0.05, 0.1) is 6.54 Å². The SMILES string of the molecule is Cc1cc(I)ccc1NC(=O)CN(C)CCCN. The summed E-state index contributed by atoms with van der Waals surface area (Å²) in [5, 5.41) is 2.93. The largest absolute Gasteiger partial charge is 0.330 e. The van der Waals surface area contributed by atoms with E-state index in [0.717, 1.165) is 24.2 Å². The van der Waals surface area contributed by atoms with Crippen molar-refractivity contribution >= 4 is 34.2 Å². The molecule has 0 aliphatic heterocycles. The van der Waals surface area contributed by atoms with E-state index in [-0.39, 0.29) is 5.91 Å². The Morgan fingerprint density at radius 1 is 1.50 bits per heavy atom. The molecule has 0 bridgehead atoms. The molecule has 1 amide bonds. The summed E-state index contributed by atoms with van der Waals surface area (Å²) in [5.74, 6) is 0.0128. The third-order valence-corrected chi connectivity index (χ3v) is 3.29. The van der Waals surface area contributed by atoms with Gasteiger partial charge in [-0.05, 0) is 79.8 Å². The van der Waals surface area contributed by atoms with Crippen LogP contribution in [0.3, 0.4) is 0 Å². The molecule has 0 spiro atoms. The average molecular weight is 361 g/mol. The molecule has 18 heavy (non-hydrogen) atoms. The first-order valence-corrected chi connectivity index (χ1v) is 7.05. The van der Waals surface area contributed by atoms with E-state index in [2.05, 4.69) is 27.9 Å². The highest BCUT2D eigenvalue weighted by Gasteiger charge is 2.08. The number of likely N-dealkylation sites (N-methyl/N-ethyl adjacent to an activating group) is 1. The average Bonchev–Trinajstić information content (AvgIpc) is 2.30. The van der Waals surface area contributed by atoms with E-state index in [0.29, 0.717) is 13.1 Å². The van der Waals surface area contributed by atoms with Crippen LogP contribution >= 0.6 is 22.6 Å². The Balaban J connectivity index is 2.49. The zero-order chi connectivity index (χ0) is 13.5. The number of nitrogens with two attached hydrogens (primary N) is 1. The van der Waals surface area contributed by atoms with E-state index in [1.807, 2.05) is 37.1 Å². The molecule has 1 aromatic carbocycles. The van der Waals surface area contributed by atoms with Gasteiger partial charge in [0.1, 0.15) is 0 Å². The molecule has 5 heteroatoms.